The first-order valence-corrected chi connectivity index (χ1v) is 6.17. The molecule has 2 N–H and O–H groups in total. The van der Waals surface area contributed by atoms with Gasteiger partial charge in [-0.25, -0.2) is 4.39 Å². The van der Waals surface area contributed by atoms with Gasteiger partial charge < -0.3 is 5.73 Å². The first kappa shape index (κ1) is 12.2. The van der Waals surface area contributed by atoms with E-state index in [4.69, 9.17) is 28.9 Å². The van der Waals surface area contributed by atoms with Crippen LogP contribution in [-0.4, -0.2) is 6.04 Å². The van der Waals surface area contributed by atoms with E-state index in [-0.39, 0.29) is 6.04 Å². The summed E-state index contributed by atoms with van der Waals surface area (Å²) in [6.45, 7) is 0. The van der Waals surface area contributed by atoms with Crippen molar-refractivity contribution < 1.29 is 4.39 Å². The molecule has 88 valence electrons. The van der Waals surface area contributed by atoms with Crippen LogP contribution in [0.3, 0.4) is 0 Å². The van der Waals surface area contributed by atoms with Gasteiger partial charge in [0.2, 0.25) is 0 Å². The van der Waals surface area contributed by atoms with Gasteiger partial charge in [-0.1, -0.05) is 23.2 Å². The highest BCUT2D eigenvalue weighted by Crippen LogP contribution is 2.43. The number of benzene rings is 1. The molecule has 0 amide bonds. The molecule has 1 aromatic carbocycles. The molecule has 1 aliphatic rings. The van der Waals surface area contributed by atoms with E-state index in [1.165, 1.54) is 0 Å². The van der Waals surface area contributed by atoms with Crippen LogP contribution in [0.4, 0.5) is 4.39 Å². The number of hydrogen-bond acceptors (Lipinski definition) is 1. The molecule has 0 radical (unpaired) electrons. The third-order valence-electron chi connectivity index (χ3n) is 3.14. The molecule has 1 nitrogen and oxygen atoms in total. The molecule has 0 spiro atoms. The lowest BCUT2D eigenvalue weighted by Gasteiger charge is -2.34. The second-order valence-electron chi connectivity index (χ2n) is 4.45. The number of nitrogens with two attached hydrogens (primary N) is 1. The number of alkyl halides is 1. The molecule has 2 rings (SSSR count). The summed E-state index contributed by atoms with van der Waals surface area (Å²) in [4.78, 5) is 0. The van der Waals surface area contributed by atoms with Gasteiger partial charge in [-0.3, -0.25) is 0 Å². The molecule has 2 unspecified atom stereocenters. The fraction of sp³-hybridized carbons (Fsp3) is 0.500. The van der Waals surface area contributed by atoms with Crippen molar-refractivity contribution in [3.8, 4) is 0 Å². The summed E-state index contributed by atoms with van der Waals surface area (Å²) in [6.07, 6.45) is 2.47. The van der Waals surface area contributed by atoms with Crippen molar-refractivity contribution in [3.05, 3.63) is 33.8 Å². The SMILES string of the molecule is NC1CCCC(F)(c2cc(Cl)ccc2Cl)C1. The van der Waals surface area contributed by atoms with Gasteiger partial charge in [0.05, 0.1) is 0 Å². The third-order valence-corrected chi connectivity index (χ3v) is 3.71. The molecule has 0 bridgehead atoms. The average molecular weight is 262 g/mol. The highest BCUT2D eigenvalue weighted by molar-refractivity contribution is 6.33. The van der Waals surface area contributed by atoms with Crippen LogP contribution in [0.5, 0.6) is 0 Å². The number of halogens is 3. The molecule has 16 heavy (non-hydrogen) atoms. The van der Waals surface area contributed by atoms with Crippen molar-refractivity contribution in [2.45, 2.75) is 37.4 Å². The summed E-state index contributed by atoms with van der Waals surface area (Å²) in [5, 5.41) is 0.941. The van der Waals surface area contributed by atoms with Gasteiger partial charge in [-0.2, -0.15) is 0 Å². The highest BCUT2D eigenvalue weighted by Gasteiger charge is 2.38. The van der Waals surface area contributed by atoms with Crippen molar-refractivity contribution in [2.24, 2.45) is 5.73 Å². The van der Waals surface area contributed by atoms with Crippen LogP contribution < -0.4 is 5.73 Å². The minimum Gasteiger partial charge on any atom is -0.328 e. The lowest BCUT2D eigenvalue weighted by molar-refractivity contribution is 0.0949. The van der Waals surface area contributed by atoms with E-state index in [1.54, 1.807) is 18.2 Å². The van der Waals surface area contributed by atoms with Crippen LogP contribution in [0.2, 0.25) is 10.0 Å². The van der Waals surface area contributed by atoms with Crippen LogP contribution in [0.25, 0.3) is 0 Å². The molecule has 0 saturated heterocycles. The molecule has 1 aliphatic carbocycles. The minimum atomic E-state index is -1.42. The van der Waals surface area contributed by atoms with Crippen LogP contribution in [0.15, 0.2) is 18.2 Å². The maximum Gasteiger partial charge on any atom is 0.139 e. The molecule has 0 heterocycles. The smallest absolute Gasteiger partial charge is 0.139 e. The molecule has 1 fully saturated rings. The summed E-state index contributed by atoms with van der Waals surface area (Å²) in [5.74, 6) is 0. The predicted molar refractivity (Wildman–Crippen MR) is 65.7 cm³/mol. The summed E-state index contributed by atoms with van der Waals surface area (Å²) in [7, 11) is 0. The summed E-state index contributed by atoms with van der Waals surface area (Å²) in [5.41, 5.74) is 4.89. The zero-order valence-electron chi connectivity index (χ0n) is 8.85. The maximum absolute atomic E-state index is 14.8. The van der Waals surface area contributed by atoms with Crippen LogP contribution in [-0.2, 0) is 5.67 Å². The Morgan fingerprint density at radius 2 is 2.12 bits per heavy atom. The Labute approximate surface area is 105 Å². The van der Waals surface area contributed by atoms with Crippen molar-refractivity contribution in [1.82, 2.24) is 0 Å². The molecule has 2 atom stereocenters. The molecule has 1 aromatic rings. The monoisotopic (exact) mass is 261 g/mol. The largest absolute Gasteiger partial charge is 0.328 e. The molecule has 4 heteroatoms. The molecule has 1 saturated carbocycles. The second-order valence-corrected chi connectivity index (χ2v) is 5.29. The standard InChI is InChI=1S/C12H14Cl2FN/c13-8-3-4-11(14)10(6-8)12(15)5-1-2-9(16)7-12/h3-4,6,9H,1-2,5,7,16H2. The Kier molecular flexibility index (Phi) is 3.43. The maximum atomic E-state index is 14.8. The van der Waals surface area contributed by atoms with Crippen molar-refractivity contribution in [3.63, 3.8) is 0 Å². The Morgan fingerprint density at radius 3 is 2.81 bits per heavy atom. The quantitative estimate of drug-likeness (QED) is 0.811. The molecular formula is C12H14Cl2FN. The van der Waals surface area contributed by atoms with E-state index in [0.29, 0.717) is 28.5 Å². The Hall–Kier alpha value is -0.310. The van der Waals surface area contributed by atoms with E-state index < -0.39 is 5.67 Å². The molecule has 0 aromatic heterocycles. The average Bonchev–Trinajstić information content (AvgIpc) is 2.21. The van der Waals surface area contributed by atoms with Gasteiger partial charge in [-0.05, 0) is 37.5 Å². The van der Waals surface area contributed by atoms with Crippen molar-refractivity contribution in [2.75, 3.05) is 0 Å². The molecule has 0 aliphatic heterocycles. The zero-order valence-corrected chi connectivity index (χ0v) is 10.4. The van der Waals surface area contributed by atoms with Crippen LogP contribution >= 0.6 is 23.2 Å². The van der Waals surface area contributed by atoms with Gasteiger partial charge >= 0.3 is 0 Å². The van der Waals surface area contributed by atoms with Crippen molar-refractivity contribution >= 4 is 23.2 Å². The Balaban J connectivity index is 2.37. The fourth-order valence-electron chi connectivity index (χ4n) is 2.35. The lowest BCUT2D eigenvalue weighted by Crippen LogP contribution is -2.36. The topological polar surface area (TPSA) is 26.0 Å². The highest BCUT2D eigenvalue weighted by atomic mass is 35.5. The van der Waals surface area contributed by atoms with E-state index in [2.05, 4.69) is 0 Å². The van der Waals surface area contributed by atoms with Crippen LogP contribution in [0.1, 0.15) is 31.2 Å². The number of hydrogen-bond donors (Lipinski definition) is 1. The van der Waals surface area contributed by atoms with Gasteiger partial charge in [0.1, 0.15) is 5.67 Å². The summed E-state index contributed by atoms with van der Waals surface area (Å²) >= 11 is 11.9. The van der Waals surface area contributed by atoms with E-state index >= 15 is 0 Å². The van der Waals surface area contributed by atoms with Gasteiger partial charge in [0.25, 0.3) is 0 Å². The van der Waals surface area contributed by atoms with E-state index in [9.17, 15) is 4.39 Å². The lowest BCUT2D eigenvalue weighted by atomic mass is 9.79. The predicted octanol–water partition coefficient (Wildman–Crippen LogP) is 4.06. The van der Waals surface area contributed by atoms with Crippen molar-refractivity contribution in [1.29, 1.82) is 0 Å². The molecular weight excluding hydrogens is 248 g/mol. The summed E-state index contributed by atoms with van der Waals surface area (Å²) < 4.78 is 14.8. The summed E-state index contributed by atoms with van der Waals surface area (Å²) in [6, 6.07) is 4.83. The van der Waals surface area contributed by atoms with Gasteiger partial charge in [-0.15, -0.1) is 0 Å². The first-order chi connectivity index (χ1) is 7.51. The van der Waals surface area contributed by atoms with E-state index in [0.717, 1.165) is 12.8 Å². The zero-order chi connectivity index (χ0) is 11.8. The Bertz CT molecular complexity index is 397. The second kappa shape index (κ2) is 4.52. The van der Waals surface area contributed by atoms with E-state index in [1.807, 2.05) is 0 Å². The van der Waals surface area contributed by atoms with Crippen LogP contribution in [0, 0.1) is 0 Å². The first-order valence-electron chi connectivity index (χ1n) is 5.41. The Morgan fingerprint density at radius 1 is 1.38 bits per heavy atom. The third kappa shape index (κ3) is 2.34. The van der Waals surface area contributed by atoms with Gasteiger partial charge in [0.15, 0.2) is 0 Å². The normalized spacial score (nSPS) is 30.4. The number of rotatable bonds is 1. The van der Waals surface area contributed by atoms with Gasteiger partial charge in [0, 0.05) is 28.1 Å². The minimum absolute atomic E-state index is 0.0891. The fourth-order valence-corrected chi connectivity index (χ4v) is 2.81.